The van der Waals surface area contributed by atoms with E-state index in [0.29, 0.717) is 18.1 Å². The van der Waals surface area contributed by atoms with Gasteiger partial charge in [0, 0.05) is 18.6 Å². The van der Waals surface area contributed by atoms with Gasteiger partial charge >= 0.3 is 0 Å². The molecule has 3 rings (SSSR count). The van der Waals surface area contributed by atoms with Crippen LogP contribution in [0.1, 0.15) is 42.4 Å². The number of nitrogens with one attached hydrogen (secondary N) is 1. The van der Waals surface area contributed by atoms with Crippen LogP contribution in [0.4, 0.5) is 5.82 Å². The van der Waals surface area contributed by atoms with E-state index in [1.165, 1.54) is 11.1 Å². The molecular formula is C18H22N4O. The van der Waals surface area contributed by atoms with Crippen molar-refractivity contribution in [2.45, 2.75) is 39.3 Å². The van der Waals surface area contributed by atoms with E-state index in [1.54, 1.807) is 12.4 Å². The van der Waals surface area contributed by atoms with Crippen LogP contribution in [0.25, 0.3) is 0 Å². The number of carbonyl (C=O) groups excluding carboxylic acids is 1. The summed E-state index contributed by atoms with van der Waals surface area (Å²) >= 11 is 0. The van der Waals surface area contributed by atoms with E-state index < -0.39 is 0 Å². The maximum Gasteiger partial charge on any atom is 0.274 e. The van der Waals surface area contributed by atoms with Crippen molar-refractivity contribution in [3.63, 3.8) is 0 Å². The summed E-state index contributed by atoms with van der Waals surface area (Å²) in [7, 11) is 0. The Balaban J connectivity index is 1.72. The second kappa shape index (κ2) is 5.99. The molecule has 5 nitrogen and oxygen atoms in total. The lowest BCUT2D eigenvalue weighted by Crippen LogP contribution is -2.36. The normalized spacial score (nSPS) is 14.3. The monoisotopic (exact) mass is 310 g/mol. The smallest absolute Gasteiger partial charge is 0.274 e. The highest BCUT2D eigenvalue weighted by atomic mass is 16.2. The quantitative estimate of drug-likeness (QED) is 0.926. The summed E-state index contributed by atoms with van der Waals surface area (Å²) in [5.74, 6) is 0.618. The van der Waals surface area contributed by atoms with E-state index in [0.717, 1.165) is 13.0 Å². The highest BCUT2D eigenvalue weighted by molar-refractivity contribution is 5.92. The number of hydrogen-bond donors (Lipinski definition) is 1. The molecule has 0 atom stereocenters. The second-order valence-corrected chi connectivity index (χ2v) is 6.91. The Kier molecular flexibility index (Phi) is 4.03. The largest absolute Gasteiger partial charge is 0.364 e. The summed E-state index contributed by atoms with van der Waals surface area (Å²) in [6.07, 6.45) is 4.06. The Hall–Kier alpha value is -2.43. The third-order valence-electron chi connectivity index (χ3n) is 3.79. The molecule has 0 fully saturated rings. The summed E-state index contributed by atoms with van der Waals surface area (Å²) in [5, 5.41) is 3.24. The fourth-order valence-corrected chi connectivity index (χ4v) is 2.72. The van der Waals surface area contributed by atoms with E-state index in [1.807, 2.05) is 17.0 Å². The second-order valence-electron chi connectivity index (χ2n) is 6.91. The summed E-state index contributed by atoms with van der Waals surface area (Å²) < 4.78 is 0. The molecule has 1 amide bonds. The van der Waals surface area contributed by atoms with E-state index in [-0.39, 0.29) is 11.4 Å². The molecule has 120 valence electrons. The third-order valence-corrected chi connectivity index (χ3v) is 3.79. The van der Waals surface area contributed by atoms with Crippen molar-refractivity contribution in [3.8, 4) is 0 Å². The lowest BCUT2D eigenvalue weighted by atomic mass is 10.00. The van der Waals surface area contributed by atoms with Gasteiger partial charge in [-0.05, 0) is 38.3 Å². The minimum atomic E-state index is -0.0865. The van der Waals surface area contributed by atoms with Crippen LogP contribution in [0.15, 0.2) is 36.7 Å². The van der Waals surface area contributed by atoms with Crippen molar-refractivity contribution < 1.29 is 4.79 Å². The lowest BCUT2D eigenvalue weighted by Gasteiger charge is -2.28. The Morgan fingerprint density at radius 1 is 1.13 bits per heavy atom. The van der Waals surface area contributed by atoms with Crippen molar-refractivity contribution in [1.29, 1.82) is 0 Å². The molecule has 1 aliphatic heterocycles. The first kappa shape index (κ1) is 15.5. The molecule has 0 radical (unpaired) electrons. The SMILES string of the molecule is CC(C)(C)Nc1cnc(C(=O)N2CCc3ccccc3C2)cn1. The number of hydrogen-bond acceptors (Lipinski definition) is 4. The van der Waals surface area contributed by atoms with Crippen LogP contribution in [-0.4, -0.2) is 32.9 Å². The molecule has 0 saturated heterocycles. The number of aromatic nitrogens is 2. The maximum atomic E-state index is 12.6. The Bertz CT molecular complexity index is 704. The Labute approximate surface area is 136 Å². The number of nitrogens with zero attached hydrogens (tertiary/aromatic N) is 3. The van der Waals surface area contributed by atoms with Crippen LogP contribution >= 0.6 is 0 Å². The van der Waals surface area contributed by atoms with E-state index in [2.05, 4.69) is 48.2 Å². The van der Waals surface area contributed by atoms with Crippen LogP contribution in [0.2, 0.25) is 0 Å². The topological polar surface area (TPSA) is 58.1 Å². The molecule has 2 aromatic rings. The van der Waals surface area contributed by atoms with Crippen molar-refractivity contribution in [3.05, 3.63) is 53.5 Å². The van der Waals surface area contributed by atoms with Gasteiger partial charge in [0.05, 0.1) is 12.4 Å². The summed E-state index contributed by atoms with van der Waals surface area (Å²) in [6, 6.07) is 8.27. The maximum absolute atomic E-state index is 12.6. The van der Waals surface area contributed by atoms with Crippen molar-refractivity contribution in [2.75, 3.05) is 11.9 Å². The predicted molar refractivity (Wildman–Crippen MR) is 90.3 cm³/mol. The molecule has 1 aromatic carbocycles. The summed E-state index contributed by atoms with van der Waals surface area (Å²) in [5.41, 5.74) is 2.85. The zero-order chi connectivity index (χ0) is 16.4. The third kappa shape index (κ3) is 3.67. The van der Waals surface area contributed by atoms with Gasteiger partial charge in [0.25, 0.3) is 5.91 Å². The van der Waals surface area contributed by atoms with Crippen molar-refractivity contribution in [1.82, 2.24) is 14.9 Å². The van der Waals surface area contributed by atoms with Crippen LogP contribution in [0.5, 0.6) is 0 Å². The van der Waals surface area contributed by atoms with Gasteiger partial charge in [-0.3, -0.25) is 4.79 Å². The predicted octanol–water partition coefficient (Wildman–Crippen LogP) is 2.89. The molecule has 0 aliphatic carbocycles. The number of fused-ring (bicyclic) bond motifs is 1. The van der Waals surface area contributed by atoms with Gasteiger partial charge in [0.1, 0.15) is 11.5 Å². The highest BCUT2D eigenvalue weighted by Gasteiger charge is 2.22. The molecule has 1 aliphatic rings. The van der Waals surface area contributed by atoms with Gasteiger partial charge in [-0.25, -0.2) is 9.97 Å². The molecule has 2 heterocycles. The van der Waals surface area contributed by atoms with Crippen LogP contribution in [0.3, 0.4) is 0 Å². The van der Waals surface area contributed by atoms with Gasteiger partial charge in [0.2, 0.25) is 0 Å². The highest BCUT2D eigenvalue weighted by Crippen LogP contribution is 2.20. The van der Waals surface area contributed by atoms with Gasteiger partial charge < -0.3 is 10.2 Å². The minimum Gasteiger partial charge on any atom is -0.364 e. The zero-order valence-electron chi connectivity index (χ0n) is 13.8. The van der Waals surface area contributed by atoms with Crippen LogP contribution < -0.4 is 5.32 Å². The van der Waals surface area contributed by atoms with Crippen molar-refractivity contribution >= 4 is 11.7 Å². The molecule has 0 bridgehead atoms. The minimum absolute atomic E-state index is 0.0608. The van der Waals surface area contributed by atoms with Gasteiger partial charge in [-0.15, -0.1) is 0 Å². The zero-order valence-corrected chi connectivity index (χ0v) is 13.8. The first-order valence-electron chi connectivity index (χ1n) is 7.89. The number of carbonyl (C=O) groups is 1. The average molecular weight is 310 g/mol. The Morgan fingerprint density at radius 2 is 1.87 bits per heavy atom. The Morgan fingerprint density at radius 3 is 2.52 bits per heavy atom. The lowest BCUT2D eigenvalue weighted by molar-refractivity contribution is 0.0728. The molecule has 0 spiro atoms. The molecular weight excluding hydrogens is 288 g/mol. The average Bonchev–Trinajstić information content (AvgIpc) is 2.53. The summed E-state index contributed by atoms with van der Waals surface area (Å²) in [6.45, 7) is 7.52. The number of amides is 1. The molecule has 5 heteroatoms. The van der Waals surface area contributed by atoms with Crippen LogP contribution in [-0.2, 0) is 13.0 Å². The number of rotatable bonds is 2. The molecule has 23 heavy (non-hydrogen) atoms. The molecule has 0 unspecified atom stereocenters. The van der Waals surface area contributed by atoms with E-state index in [4.69, 9.17) is 0 Å². The first-order valence-corrected chi connectivity index (χ1v) is 7.89. The number of anilines is 1. The van der Waals surface area contributed by atoms with Gasteiger partial charge in [-0.1, -0.05) is 24.3 Å². The van der Waals surface area contributed by atoms with E-state index in [9.17, 15) is 4.79 Å². The molecule has 1 N–H and O–H groups in total. The van der Waals surface area contributed by atoms with Crippen LogP contribution in [0, 0.1) is 0 Å². The van der Waals surface area contributed by atoms with Crippen molar-refractivity contribution in [2.24, 2.45) is 0 Å². The van der Waals surface area contributed by atoms with E-state index >= 15 is 0 Å². The van der Waals surface area contributed by atoms with Gasteiger partial charge in [-0.2, -0.15) is 0 Å². The number of benzene rings is 1. The van der Waals surface area contributed by atoms with Gasteiger partial charge in [0.15, 0.2) is 0 Å². The fourth-order valence-electron chi connectivity index (χ4n) is 2.72. The standard InChI is InChI=1S/C18H22N4O/c1-18(2,3)21-16-11-19-15(10-20-16)17(23)22-9-8-13-6-4-5-7-14(13)12-22/h4-7,10-11H,8-9,12H2,1-3H3,(H,20,21). The molecule has 0 saturated carbocycles. The molecule has 1 aromatic heterocycles. The summed E-state index contributed by atoms with van der Waals surface area (Å²) in [4.78, 5) is 23.0. The fraction of sp³-hybridized carbons (Fsp3) is 0.389. The first-order chi connectivity index (χ1) is 10.9.